The van der Waals surface area contributed by atoms with E-state index in [4.69, 9.17) is 14.2 Å². The number of hydrogen-bond acceptors (Lipinski definition) is 7. The minimum atomic E-state index is -0.719. The van der Waals surface area contributed by atoms with E-state index in [0.29, 0.717) is 74.1 Å². The first-order valence-electron chi connectivity index (χ1n) is 20.6. The SMILES string of the molecule is C[C@@H]1C[C@H](CN2CCC[C@@H]2C(=O)O)O[C@H]2[C@H]1[C@@]1(C)CC[C@@]34C[C@@]35CC[C@H](O[C@H]3CN(C(=O)CC6CC6)CCO3)C(C)(C)[C@@H]5CC[C@H]4[C@]1(C)[C@H]2O. The van der Waals surface area contributed by atoms with Crippen LogP contribution in [0.5, 0.6) is 0 Å². The molecule has 9 rings (SSSR count). The highest BCUT2D eigenvalue weighted by Gasteiger charge is 2.84. The van der Waals surface area contributed by atoms with Crippen molar-refractivity contribution in [1.29, 1.82) is 0 Å². The fraction of sp³-hybridized carbons (Fsp3) is 0.951. The predicted octanol–water partition coefficient (Wildman–Crippen LogP) is 5.72. The summed E-state index contributed by atoms with van der Waals surface area (Å²) in [5.41, 5.74) is 0.407. The minimum Gasteiger partial charge on any atom is -0.480 e. The molecule has 9 aliphatic rings. The molecule has 0 bridgehead atoms. The van der Waals surface area contributed by atoms with Gasteiger partial charge in [-0.2, -0.15) is 0 Å². The van der Waals surface area contributed by atoms with Crippen molar-refractivity contribution < 1.29 is 34.0 Å². The lowest BCUT2D eigenvalue weighted by atomic mass is 9.41. The summed E-state index contributed by atoms with van der Waals surface area (Å²) in [6.07, 6.45) is 12.9. The van der Waals surface area contributed by atoms with Gasteiger partial charge in [0, 0.05) is 24.9 Å². The quantitative estimate of drug-likeness (QED) is 0.348. The van der Waals surface area contributed by atoms with Crippen LogP contribution in [0.3, 0.4) is 0 Å². The van der Waals surface area contributed by atoms with Crippen molar-refractivity contribution in [3.63, 3.8) is 0 Å². The standard InChI is InChI=1S/C41H64N2O7/c1-24-19-26(21-42-16-6-7-27(42)36(46)47)49-34-33(24)38(4)14-15-41-23-40(41)13-12-30(37(2,3)28(40)10-11-29(41)39(38,5)35(34)45)50-32-22-43(17-18-48-32)31(44)20-25-8-9-25/h24-30,32-35,45H,6-23H2,1-5H3,(H,46,47)/t24-,26-,27-,28+,29+,30+,32+,33+,34+,35+,38-,39-,40-,41+/m1/s1. The lowest BCUT2D eigenvalue weighted by Crippen LogP contribution is -2.60. The van der Waals surface area contributed by atoms with Crippen LogP contribution < -0.4 is 0 Å². The number of ether oxygens (including phenoxy) is 3. The number of hydrogen-bond donors (Lipinski definition) is 2. The molecule has 2 N–H and O–H groups in total. The van der Waals surface area contributed by atoms with Gasteiger partial charge >= 0.3 is 5.97 Å². The number of likely N-dealkylation sites (tertiary alicyclic amines) is 1. The molecule has 14 atom stereocenters. The number of carboxylic acid groups (broad SMARTS) is 1. The van der Waals surface area contributed by atoms with Crippen LogP contribution in [0.1, 0.15) is 118 Å². The highest BCUT2D eigenvalue weighted by atomic mass is 16.7. The first kappa shape index (κ1) is 34.5. The first-order valence-corrected chi connectivity index (χ1v) is 20.6. The van der Waals surface area contributed by atoms with Gasteiger partial charge in [-0.1, -0.05) is 34.6 Å². The molecule has 50 heavy (non-hydrogen) atoms. The van der Waals surface area contributed by atoms with E-state index >= 15 is 0 Å². The smallest absolute Gasteiger partial charge is 0.320 e. The van der Waals surface area contributed by atoms with E-state index in [1.807, 2.05) is 4.90 Å². The zero-order valence-electron chi connectivity index (χ0n) is 31.4. The zero-order chi connectivity index (χ0) is 35.0. The lowest BCUT2D eigenvalue weighted by Gasteiger charge is -2.64. The van der Waals surface area contributed by atoms with Crippen molar-refractivity contribution in [3.05, 3.63) is 0 Å². The van der Waals surface area contributed by atoms with Gasteiger partial charge in [-0.15, -0.1) is 0 Å². The van der Waals surface area contributed by atoms with Gasteiger partial charge in [-0.25, -0.2) is 0 Å². The normalized spacial score (nSPS) is 52.3. The molecule has 3 aliphatic heterocycles. The number of nitrogens with zero attached hydrogens (tertiary/aromatic N) is 2. The Morgan fingerprint density at radius 2 is 1.70 bits per heavy atom. The molecule has 0 aromatic rings. The van der Waals surface area contributed by atoms with Crippen molar-refractivity contribution in [1.82, 2.24) is 9.80 Å². The van der Waals surface area contributed by atoms with Crippen molar-refractivity contribution in [2.45, 2.75) is 155 Å². The molecular weight excluding hydrogens is 632 g/mol. The van der Waals surface area contributed by atoms with E-state index < -0.39 is 18.1 Å². The Kier molecular flexibility index (Phi) is 8.02. The molecule has 280 valence electrons. The van der Waals surface area contributed by atoms with Crippen LogP contribution in [0.15, 0.2) is 0 Å². The first-order chi connectivity index (χ1) is 23.7. The van der Waals surface area contributed by atoms with E-state index in [-0.39, 0.29) is 52.2 Å². The fourth-order valence-corrected chi connectivity index (χ4v) is 15.1. The third kappa shape index (κ3) is 4.73. The Labute approximate surface area is 299 Å². The van der Waals surface area contributed by atoms with Gasteiger partial charge in [0.2, 0.25) is 5.91 Å². The lowest BCUT2D eigenvalue weighted by molar-refractivity contribution is -0.248. The van der Waals surface area contributed by atoms with Crippen LogP contribution in [-0.4, -0.2) is 101 Å². The van der Waals surface area contributed by atoms with Crippen molar-refractivity contribution in [2.24, 2.45) is 56.7 Å². The number of fused-ring (bicyclic) bond motifs is 4. The second-order valence-electron chi connectivity index (χ2n) is 20.0. The van der Waals surface area contributed by atoms with Gasteiger partial charge < -0.3 is 29.3 Å². The number of morpholine rings is 1. The number of rotatable bonds is 7. The van der Waals surface area contributed by atoms with Crippen molar-refractivity contribution >= 4 is 11.9 Å². The Bertz CT molecular complexity index is 1390. The molecule has 0 aromatic carbocycles. The molecular formula is C41H64N2O7. The number of carboxylic acids is 1. The number of aliphatic hydroxyl groups is 1. The molecule has 0 aromatic heterocycles. The molecule has 0 unspecified atom stereocenters. The van der Waals surface area contributed by atoms with Crippen LogP contribution in [0.25, 0.3) is 0 Å². The summed E-state index contributed by atoms with van der Waals surface area (Å²) in [5, 5.41) is 22.4. The Morgan fingerprint density at radius 1 is 0.940 bits per heavy atom. The number of aliphatic carboxylic acids is 1. The van der Waals surface area contributed by atoms with Gasteiger partial charge in [-0.05, 0) is 135 Å². The summed E-state index contributed by atoms with van der Waals surface area (Å²) < 4.78 is 20.0. The summed E-state index contributed by atoms with van der Waals surface area (Å²) in [6, 6.07) is -0.408. The monoisotopic (exact) mass is 696 g/mol. The maximum atomic E-state index is 12.9. The minimum absolute atomic E-state index is 0.00848. The summed E-state index contributed by atoms with van der Waals surface area (Å²) in [5.74, 6) is 1.96. The molecule has 6 aliphatic carbocycles. The summed E-state index contributed by atoms with van der Waals surface area (Å²) >= 11 is 0. The van der Waals surface area contributed by atoms with E-state index in [2.05, 4.69) is 39.5 Å². The van der Waals surface area contributed by atoms with Gasteiger partial charge in [0.15, 0.2) is 6.29 Å². The van der Waals surface area contributed by atoms with Crippen LogP contribution in [-0.2, 0) is 23.8 Å². The number of aliphatic hydroxyl groups excluding tert-OH is 1. The molecule has 9 fully saturated rings. The third-order valence-corrected chi connectivity index (χ3v) is 17.8. The Balaban J connectivity index is 0.914. The Morgan fingerprint density at radius 3 is 2.46 bits per heavy atom. The van der Waals surface area contributed by atoms with Crippen molar-refractivity contribution in [3.8, 4) is 0 Å². The number of carbonyl (C=O) groups is 2. The summed E-state index contributed by atoms with van der Waals surface area (Å²) in [4.78, 5) is 29.0. The Hall–Kier alpha value is -1.26. The predicted molar refractivity (Wildman–Crippen MR) is 187 cm³/mol. The number of amides is 1. The van der Waals surface area contributed by atoms with Gasteiger partial charge in [0.05, 0.1) is 37.6 Å². The van der Waals surface area contributed by atoms with Crippen molar-refractivity contribution in [2.75, 3.05) is 32.8 Å². The average molecular weight is 697 g/mol. The molecule has 9 nitrogen and oxygen atoms in total. The topological polar surface area (TPSA) is 109 Å². The number of carbonyl (C=O) groups excluding carboxylic acids is 1. The van der Waals surface area contributed by atoms with Crippen LogP contribution in [0, 0.1) is 56.7 Å². The van der Waals surface area contributed by atoms with Gasteiger partial charge in [0.25, 0.3) is 0 Å². The third-order valence-electron chi connectivity index (χ3n) is 17.8. The molecule has 0 radical (unpaired) electrons. The van der Waals surface area contributed by atoms with Crippen LogP contribution in [0.4, 0.5) is 0 Å². The van der Waals surface area contributed by atoms with Gasteiger partial charge in [0.1, 0.15) is 6.04 Å². The van der Waals surface area contributed by atoms with Crippen LogP contribution in [0.2, 0.25) is 0 Å². The van der Waals surface area contributed by atoms with Crippen LogP contribution >= 0.6 is 0 Å². The second kappa shape index (κ2) is 11.6. The molecule has 3 saturated heterocycles. The molecule has 3 heterocycles. The summed E-state index contributed by atoms with van der Waals surface area (Å²) in [6.45, 7) is 15.5. The molecule has 6 saturated carbocycles. The highest BCUT2D eigenvalue weighted by Crippen LogP contribution is 2.89. The van der Waals surface area contributed by atoms with E-state index in [0.717, 1.165) is 38.6 Å². The maximum Gasteiger partial charge on any atom is 0.320 e. The molecule has 2 spiro atoms. The highest BCUT2D eigenvalue weighted by molar-refractivity contribution is 5.76. The molecule has 9 heteroatoms. The van der Waals surface area contributed by atoms with E-state index in [1.54, 1.807) is 0 Å². The second-order valence-corrected chi connectivity index (χ2v) is 20.0. The van der Waals surface area contributed by atoms with E-state index in [9.17, 15) is 19.8 Å². The fourth-order valence-electron chi connectivity index (χ4n) is 15.1. The summed E-state index contributed by atoms with van der Waals surface area (Å²) in [7, 11) is 0. The molecule has 1 amide bonds. The maximum absolute atomic E-state index is 12.9. The zero-order valence-corrected chi connectivity index (χ0v) is 31.4. The van der Waals surface area contributed by atoms with E-state index in [1.165, 1.54) is 38.5 Å². The largest absolute Gasteiger partial charge is 0.480 e. The van der Waals surface area contributed by atoms with Gasteiger partial charge in [-0.3, -0.25) is 14.5 Å². The average Bonchev–Trinajstić information content (AvgIpc) is 3.95.